The van der Waals surface area contributed by atoms with Gasteiger partial charge in [0, 0.05) is 23.5 Å². The Morgan fingerprint density at radius 3 is 2.76 bits per heavy atom. The minimum absolute atomic E-state index is 0.214. The van der Waals surface area contributed by atoms with E-state index < -0.39 is 5.97 Å². The SMILES string of the molecule is Cc1ccc2cc(Cc3cncc(C(=O)O)c3)ccc2n1. The lowest BCUT2D eigenvalue weighted by Crippen LogP contribution is -1.99. The molecular weight excluding hydrogens is 264 g/mol. The summed E-state index contributed by atoms with van der Waals surface area (Å²) in [5, 5.41) is 10.1. The molecule has 4 nitrogen and oxygen atoms in total. The molecule has 0 aliphatic heterocycles. The fourth-order valence-electron chi connectivity index (χ4n) is 2.32. The zero-order valence-electron chi connectivity index (χ0n) is 11.6. The van der Waals surface area contributed by atoms with Gasteiger partial charge in [0.25, 0.3) is 0 Å². The molecule has 104 valence electrons. The highest BCUT2D eigenvalue weighted by molar-refractivity contribution is 5.87. The van der Waals surface area contributed by atoms with E-state index in [4.69, 9.17) is 5.11 Å². The topological polar surface area (TPSA) is 63.1 Å². The Morgan fingerprint density at radius 1 is 1.10 bits per heavy atom. The highest BCUT2D eigenvalue weighted by Gasteiger charge is 2.05. The van der Waals surface area contributed by atoms with Crippen molar-refractivity contribution in [3.63, 3.8) is 0 Å². The molecule has 0 atom stereocenters. The van der Waals surface area contributed by atoms with Crippen molar-refractivity contribution in [2.75, 3.05) is 0 Å². The summed E-state index contributed by atoms with van der Waals surface area (Å²) >= 11 is 0. The maximum absolute atomic E-state index is 11.0. The van der Waals surface area contributed by atoms with Crippen LogP contribution in [0.4, 0.5) is 0 Å². The zero-order chi connectivity index (χ0) is 14.8. The van der Waals surface area contributed by atoms with Crippen molar-refractivity contribution >= 4 is 16.9 Å². The molecule has 0 unspecified atom stereocenters. The zero-order valence-corrected chi connectivity index (χ0v) is 11.6. The van der Waals surface area contributed by atoms with Crippen LogP contribution in [0.2, 0.25) is 0 Å². The van der Waals surface area contributed by atoms with Gasteiger partial charge in [0.05, 0.1) is 11.1 Å². The second-order valence-electron chi connectivity index (χ2n) is 5.04. The van der Waals surface area contributed by atoms with Crippen LogP contribution in [0.1, 0.15) is 27.2 Å². The van der Waals surface area contributed by atoms with Gasteiger partial charge in [-0.1, -0.05) is 12.1 Å². The van der Waals surface area contributed by atoms with Gasteiger partial charge in [0.15, 0.2) is 0 Å². The average Bonchev–Trinajstić information content (AvgIpc) is 2.48. The third kappa shape index (κ3) is 2.89. The summed E-state index contributed by atoms with van der Waals surface area (Å²) < 4.78 is 0. The minimum atomic E-state index is -0.956. The molecule has 21 heavy (non-hydrogen) atoms. The molecule has 0 bridgehead atoms. The van der Waals surface area contributed by atoms with E-state index in [0.29, 0.717) is 6.42 Å². The molecule has 1 aromatic carbocycles. The van der Waals surface area contributed by atoms with Gasteiger partial charge in [-0.3, -0.25) is 9.97 Å². The molecule has 3 aromatic rings. The van der Waals surface area contributed by atoms with Gasteiger partial charge in [-0.25, -0.2) is 4.79 Å². The van der Waals surface area contributed by atoms with Crippen molar-refractivity contribution in [2.45, 2.75) is 13.3 Å². The maximum Gasteiger partial charge on any atom is 0.337 e. The number of fused-ring (bicyclic) bond motifs is 1. The van der Waals surface area contributed by atoms with Crippen LogP contribution < -0.4 is 0 Å². The first kappa shape index (κ1) is 13.2. The van der Waals surface area contributed by atoms with E-state index in [9.17, 15) is 4.79 Å². The molecule has 0 spiro atoms. The maximum atomic E-state index is 11.0. The van der Waals surface area contributed by atoms with E-state index in [1.165, 1.54) is 6.20 Å². The number of aromatic nitrogens is 2. The molecule has 0 saturated heterocycles. The summed E-state index contributed by atoms with van der Waals surface area (Å²) in [4.78, 5) is 19.4. The Kier molecular flexibility index (Phi) is 3.36. The second-order valence-corrected chi connectivity index (χ2v) is 5.04. The summed E-state index contributed by atoms with van der Waals surface area (Å²) in [5.74, 6) is -0.956. The van der Waals surface area contributed by atoms with Crippen LogP contribution in [0.5, 0.6) is 0 Å². The number of carbonyl (C=O) groups is 1. The number of rotatable bonds is 3. The van der Waals surface area contributed by atoms with Crippen LogP contribution in [-0.2, 0) is 6.42 Å². The lowest BCUT2D eigenvalue weighted by atomic mass is 10.0. The Hall–Kier alpha value is -2.75. The molecule has 0 saturated carbocycles. The monoisotopic (exact) mass is 278 g/mol. The molecular formula is C17H14N2O2. The molecule has 2 heterocycles. The van der Waals surface area contributed by atoms with Crippen molar-refractivity contribution in [3.05, 3.63) is 71.2 Å². The molecule has 0 aliphatic rings. The first-order valence-corrected chi connectivity index (χ1v) is 6.65. The molecule has 4 heteroatoms. The summed E-state index contributed by atoms with van der Waals surface area (Å²) in [6, 6.07) is 11.8. The van der Waals surface area contributed by atoms with Crippen LogP contribution in [-0.4, -0.2) is 21.0 Å². The lowest BCUT2D eigenvalue weighted by molar-refractivity contribution is 0.0696. The second kappa shape index (κ2) is 5.32. The largest absolute Gasteiger partial charge is 0.478 e. The highest BCUT2D eigenvalue weighted by atomic mass is 16.4. The summed E-state index contributed by atoms with van der Waals surface area (Å²) in [6.45, 7) is 1.97. The molecule has 0 fully saturated rings. The number of nitrogens with zero attached hydrogens (tertiary/aromatic N) is 2. The van der Waals surface area contributed by atoms with Crippen molar-refractivity contribution in [1.29, 1.82) is 0 Å². The average molecular weight is 278 g/mol. The first-order chi connectivity index (χ1) is 10.1. The van der Waals surface area contributed by atoms with Crippen LogP contribution in [0.15, 0.2) is 48.8 Å². The van der Waals surface area contributed by atoms with Gasteiger partial charge in [-0.05, 0) is 48.7 Å². The van der Waals surface area contributed by atoms with E-state index in [1.807, 2.05) is 31.2 Å². The van der Waals surface area contributed by atoms with Gasteiger partial charge in [0.2, 0.25) is 0 Å². The highest BCUT2D eigenvalue weighted by Crippen LogP contribution is 2.17. The van der Waals surface area contributed by atoms with E-state index in [0.717, 1.165) is 27.7 Å². The summed E-state index contributed by atoms with van der Waals surface area (Å²) in [6.07, 6.45) is 3.71. The normalized spacial score (nSPS) is 10.7. The molecule has 0 amide bonds. The molecule has 0 aliphatic carbocycles. The number of carboxylic acid groups (broad SMARTS) is 1. The van der Waals surface area contributed by atoms with E-state index in [1.54, 1.807) is 12.3 Å². The quantitative estimate of drug-likeness (QED) is 0.799. The van der Waals surface area contributed by atoms with Crippen LogP contribution in [0.25, 0.3) is 10.9 Å². The first-order valence-electron chi connectivity index (χ1n) is 6.65. The van der Waals surface area contributed by atoms with Crippen molar-refractivity contribution < 1.29 is 9.90 Å². The fourth-order valence-corrected chi connectivity index (χ4v) is 2.32. The van der Waals surface area contributed by atoms with Gasteiger partial charge in [0.1, 0.15) is 0 Å². The smallest absolute Gasteiger partial charge is 0.337 e. The lowest BCUT2D eigenvalue weighted by Gasteiger charge is -2.05. The van der Waals surface area contributed by atoms with E-state index >= 15 is 0 Å². The molecule has 3 rings (SSSR count). The molecule has 2 aromatic heterocycles. The summed E-state index contributed by atoms with van der Waals surface area (Å²) in [5.41, 5.74) is 4.17. The number of benzene rings is 1. The van der Waals surface area contributed by atoms with E-state index in [2.05, 4.69) is 16.0 Å². The Morgan fingerprint density at radius 2 is 1.95 bits per heavy atom. The fraction of sp³-hybridized carbons (Fsp3) is 0.118. The number of carboxylic acids is 1. The number of hydrogen-bond acceptors (Lipinski definition) is 3. The third-order valence-electron chi connectivity index (χ3n) is 3.34. The minimum Gasteiger partial charge on any atom is -0.478 e. The Bertz CT molecular complexity index is 828. The van der Waals surface area contributed by atoms with E-state index in [-0.39, 0.29) is 5.56 Å². The number of hydrogen-bond donors (Lipinski definition) is 1. The Balaban J connectivity index is 1.92. The number of pyridine rings is 2. The Labute approximate surface area is 122 Å². The predicted octanol–water partition coefficient (Wildman–Crippen LogP) is 3.23. The summed E-state index contributed by atoms with van der Waals surface area (Å²) in [7, 11) is 0. The van der Waals surface area contributed by atoms with Gasteiger partial charge in [-0.2, -0.15) is 0 Å². The number of aryl methyl sites for hydroxylation is 1. The van der Waals surface area contributed by atoms with Crippen LogP contribution in [0, 0.1) is 6.92 Å². The van der Waals surface area contributed by atoms with Gasteiger partial charge < -0.3 is 5.11 Å². The number of aromatic carboxylic acids is 1. The van der Waals surface area contributed by atoms with Crippen molar-refractivity contribution in [2.24, 2.45) is 0 Å². The predicted molar refractivity (Wildman–Crippen MR) is 80.5 cm³/mol. The van der Waals surface area contributed by atoms with Crippen LogP contribution >= 0.6 is 0 Å². The van der Waals surface area contributed by atoms with Gasteiger partial charge >= 0.3 is 5.97 Å². The van der Waals surface area contributed by atoms with Crippen molar-refractivity contribution in [1.82, 2.24) is 9.97 Å². The van der Waals surface area contributed by atoms with Gasteiger partial charge in [-0.15, -0.1) is 0 Å². The molecule has 1 N–H and O–H groups in total. The van der Waals surface area contributed by atoms with Crippen LogP contribution in [0.3, 0.4) is 0 Å². The van der Waals surface area contributed by atoms with Crippen molar-refractivity contribution in [3.8, 4) is 0 Å². The molecule has 0 radical (unpaired) electrons. The third-order valence-corrected chi connectivity index (χ3v) is 3.34. The standard InChI is InChI=1S/C17H14N2O2/c1-11-2-4-14-7-12(3-5-16(14)19-11)6-13-8-15(17(20)21)10-18-9-13/h2-5,7-10H,6H2,1H3,(H,20,21).